The average Bonchev–Trinajstić information content (AvgIpc) is 2.41. The summed E-state index contributed by atoms with van der Waals surface area (Å²) in [5.74, 6) is 0. The molecule has 0 fully saturated rings. The summed E-state index contributed by atoms with van der Waals surface area (Å²) in [4.78, 5) is 10.5. The number of nitriles is 1. The van der Waals surface area contributed by atoms with Crippen LogP contribution in [0.5, 0.6) is 0 Å². The van der Waals surface area contributed by atoms with Crippen LogP contribution in [0.1, 0.15) is 11.1 Å². The summed E-state index contributed by atoms with van der Waals surface area (Å²) in [6, 6.07) is 14.0. The third kappa shape index (κ3) is 2.69. The van der Waals surface area contributed by atoms with Crippen LogP contribution in [-0.4, -0.2) is 4.92 Å². The molecular weight excluding hydrogens is 242 g/mol. The van der Waals surface area contributed by atoms with E-state index in [9.17, 15) is 10.1 Å². The second kappa shape index (κ2) is 5.19. The van der Waals surface area contributed by atoms with Crippen LogP contribution in [0.2, 0.25) is 0 Å². The Morgan fingerprint density at radius 1 is 1.26 bits per heavy atom. The molecule has 0 unspecified atom stereocenters. The quantitative estimate of drug-likeness (QED) is 0.670. The first kappa shape index (κ1) is 12.6. The number of nitro groups is 1. The molecule has 0 atom stereocenters. The molecule has 5 nitrogen and oxygen atoms in total. The number of rotatable bonds is 3. The molecule has 0 heterocycles. The number of hydrogen-bond acceptors (Lipinski definition) is 4. The maximum atomic E-state index is 10.9. The Bertz CT molecular complexity index is 675. The molecule has 0 aliphatic carbocycles. The van der Waals surface area contributed by atoms with Gasteiger partial charge in [-0.3, -0.25) is 10.1 Å². The largest absolute Gasteiger partial charge is 0.354 e. The molecule has 0 aliphatic rings. The van der Waals surface area contributed by atoms with E-state index >= 15 is 0 Å². The molecule has 1 N–H and O–H groups in total. The molecule has 2 aromatic carbocycles. The first-order valence-electron chi connectivity index (χ1n) is 5.63. The Morgan fingerprint density at radius 2 is 2.00 bits per heavy atom. The van der Waals surface area contributed by atoms with Crippen molar-refractivity contribution in [3.8, 4) is 6.07 Å². The zero-order valence-corrected chi connectivity index (χ0v) is 10.3. The van der Waals surface area contributed by atoms with Gasteiger partial charge in [-0.05, 0) is 25.1 Å². The van der Waals surface area contributed by atoms with E-state index in [1.54, 1.807) is 43.3 Å². The fourth-order valence-corrected chi connectivity index (χ4v) is 1.73. The Morgan fingerprint density at radius 3 is 2.68 bits per heavy atom. The lowest BCUT2D eigenvalue weighted by molar-refractivity contribution is -0.385. The highest BCUT2D eigenvalue weighted by atomic mass is 16.6. The maximum absolute atomic E-state index is 10.9. The monoisotopic (exact) mass is 253 g/mol. The van der Waals surface area contributed by atoms with Gasteiger partial charge in [-0.2, -0.15) is 5.26 Å². The summed E-state index contributed by atoms with van der Waals surface area (Å²) in [6.45, 7) is 1.69. The molecule has 2 aromatic rings. The zero-order valence-electron chi connectivity index (χ0n) is 10.3. The van der Waals surface area contributed by atoms with Crippen LogP contribution < -0.4 is 5.32 Å². The van der Waals surface area contributed by atoms with Crippen molar-refractivity contribution in [2.24, 2.45) is 0 Å². The molecule has 0 aliphatic heterocycles. The summed E-state index contributed by atoms with van der Waals surface area (Å²) < 4.78 is 0. The van der Waals surface area contributed by atoms with Crippen LogP contribution in [0.4, 0.5) is 17.1 Å². The van der Waals surface area contributed by atoms with Gasteiger partial charge < -0.3 is 5.32 Å². The van der Waals surface area contributed by atoms with Gasteiger partial charge >= 0.3 is 0 Å². The number of nitrogens with zero attached hydrogens (tertiary/aromatic N) is 2. The number of para-hydroxylation sites is 1. The van der Waals surface area contributed by atoms with Crippen LogP contribution in [0, 0.1) is 28.4 Å². The minimum absolute atomic E-state index is 0.0550. The molecule has 0 bridgehead atoms. The van der Waals surface area contributed by atoms with Crippen LogP contribution in [0.3, 0.4) is 0 Å². The van der Waals surface area contributed by atoms with E-state index in [4.69, 9.17) is 5.26 Å². The highest BCUT2D eigenvalue weighted by molar-refractivity contribution is 5.68. The fourth-order valence-electron chi connectivity index (χ4n) is 1.73. The fraction of sp³-hybridized carbons (Fsp3) is 0.0714. The molecule has 5 heteroatoms. The van der Waals surface area contributed by atoms with Crippen LogP contribution in [-0.2, 0) is 0 Å². The molecule has 0 saturated heterocycles. The summed E-state index contributed by atoms with van der Waals surface area (Å²) in [5, 5.41) is 22.9. The topological polar surface area (TPSA) is 79.0 Å². The van der Waals surface area contributed by atoms with Crippen molar-refractivity contribution in [1.82, 2.24) is 0 Å². The van der Waals surface area contributed by atoms with Crippen molar-refractivity contribution in [1.29, 1.82) is 5.26 Å². The maximum Gasteiger partial charge on any atom is 0.274 e. The minimum Gasteiger partial charge on any atom is -0.354 e. The Kier molecular flexibility index (Phi) is 3.44. The van der Waals surface area contributed by atoms with Crippen molar-refractivity contribution in [3.05, 3.63) is 63.7 Å². The van der Waals surface area contributed by atoms with E-state index in [-0.39, 0.29) is 5.69 Å². The third-order valence-electron chi connectivity index (χ3n) is 2.73. The summed E-state index contributed by atoms with van der Waals surface area (Å²) >= 11 is 0. The van der Waals surface area contributed by atoms with E-state index in [1.165, 1.54) is 6.07 Å². The summed E-state index contributed by atoms with van der Waals surface area (Å²) in [7, 11) is 0. The molecular formula is C14H11N3O2. The second-order valence-corrected chi connectivity index (χ2v) is 4.04. The Balaban J connectivity index is 2.37. The van der Waals surface area contributed by atoms with Crippen molar-refractivity contribution in [2.45, 2.75) is 6.92 Å². The van der Waals surface area contributed by atoms with Crippen LogP contribution in [0.25, 0.3) is 0 Å². The van der Waals surface area contributed by atoms with Crippen molar-refractivity contribution >= 4 is 17.1 Å². The van der Waals surface area contributed by atoms with Crippen molar-refractivity contribution < 1.29 is 4.92 Å². The van der Waals surface area contributed by atoms with E-state index in [1.807, 2.05) is 0 Å². The van der Waals surface area contributed by atoms with Gasteiger partial charge in [0, 0.05) is 17.3 Å². The SMILES string of the molecule is Cc1ccc(Nc2ccccc2C#N)cc1[N+](=O)[O-]. The first-order chi connectivity index (χ1) is 9.11. The van der Waals surface area contributed by atoms with Crippen LogP contribution >= 0.6 is 0 Å². The predicted molar refractivity (Wildman–Crippen MR) is 72.3 cm³/mol. The van der Waals surface area contributed by atoms with Gasteiger partial charge in [-0.1, -0.05) is 18.2 Å². The number of anilines is 2. The van der Waals surface area contributed by atoms with E-state index < -0.39 is 4.92 Å². The summed E-state index contributed by atoms with van der Waals surface area (Å²) in [6.07, 6.45) is 0. The molecule has 0 amide bonds. The van der Waals surface area contributed by atoms with E-state index in [0.717, 1.165) is 0 Å². The molecule has 0 aromatic heterocycles. The first-order valence-corrected chi connectivity index (χ1v) is 5.63. The van der Waals surface area contributed by atoms with Gasteiger partial charge in [0.25, 0.3) is 5.69 Å². The predicted octanol–water partition coefficient (Wildman–Crippen LogP) is 3.52. The van der Waals surface area contributed by atoms with E-state index in [0.29, 0.717) is 22.5 Å². The molecule has 19 heavy (non-hydrogen) atoms. The lowest BCUT2D eigenvalue weighted by Crippen LogP contribution is -1.96. The normalized spacial score (nSPS) is 9.68. The average molecular weight is 253 g/mol. The Labute approximate surface area is 110 Å². The molecule has 0 spiro atoms. The van der Waals surface area contributed by atoms with Crippen LogP contribution in [0.15, 0.2) is 42.5 Å². The molecule has 94 valence electrons. The number of benzene rings is 2. The lowest BCUT2D eigenvalue weighted by Gasteiger charge is -2.08. The zero-order chi connectivity index (χ0) is 13.8. The highest BCUT2D eigenvalue weighted by Gasteiger charge is 2.11. The molecule has 0 saturated carbocycles. The van der Waals surface area contributed by atoms with Crippen molar-refractivity contribution in [3.63, 3.8) is 0 Å². The van der Waals surface area contributed by atoms with Gasteiger partial charge in [0.1, 0.15) is 6.07 Å². The molecule has 0 radical (unpaired) electrons. The number of hydrogen-bond donors (Lipinski definition) is 1. The smallest absolute Gasteiger partial charge is 0.274 e. The highest BCUT2D eigenvalue weighted by Crippen LogP contribution is 2.26. The van der Waals surface area contributed by atoms with Gasteiger partial charge in [0.2, 0.25) is 0 Å². The minimum atomic E-state index is -0.420. The third-order valence-corrected chi connectivity index (χ3v) is 2.73. The standard InChI is InChI=1S/C14H11N3O2/c1-10-6-7-12(8-14(10)17(18)19)16-13-5-3-2-4-11(13)9-15/h2-8,16H,1H3. The van der Waals surface area contributed by atoms with Gasteiger partial charge in [0.15, 0.2) is 0 Å². The van der Waals surface area contributed by atoms with E-state index in [2.05, 4.69) is 11.4 Å². The molecule has 2 rings (SSSR count). The van der Waals surface area contributed by atoms with Crippen molar-refractivity contribution in [2.75, 3.05) is 5.32 Å². The van der Waals surface area contributed by atoms with Gasteiger partial charge in [0.05, 0.1) is 16.2 Å². The Hall–Kier alpha value is -2.87. The van der Waals surface area contributed by atoms with Gasteiger partial charge in [-0.25, -0.2) is 0 Å². The number of nitrogens with one attached hydrogen (secondary N) is 1. The number of aryl methyl sites for hydroxylation is 1. The van der Waals surface area contributed by atoms with Gasteiger partial charge in [-0.15, -0.1) is 0 Å². The summed E-state index contributed by atoms with van der Waals surface area (Å²) in [5.41, 5.74) is 2.36. The lowest BCUT2D eigenvalue weighted by atomic mass is 10.1. The second-order valence-electron chi connectivity index (χ2n) is 4.04. The number of nitro benzene ring substituents is 1.